The Labute approximate surface area is 205 Å². The highest BCUT2D eigenvalue weighted by Crippen LogP contribution is 2.34. The van der Waals surface area contributed by atoms with Gasteiger partial charge in [0.2, 0.25) is 12.3 Å². The maximum atomic E-state index is 12.6. The number of nitrogens with two attached hydrogens (primary N) is 1. The molecule has 1 unspecified atom stereocenters. The van der Waals surface area contributed by atoms with E-state index in [0.717, 1.165) is 38.9 Å². The second-order valence-corrected chi connectivity index (χ2v) is 8.51. The third-order valence-electron chi connectivity index (χ3n) is 5.53. The molecule has 2 heterocycles. The summed E-state index contributed by atoms with van der Waals surface area (Å²) in [5.41, 5.74) is 10.8. The average molecular weight is 479 g/mol. The number of carbonyl (C=O) groups is 2. The molecule has 0 saturated carbocycles. The molecule has 1 aliphatic heterocycles. The highest BCUT2D eigenvalue weighted by Gasteiger charge is 2.16. The molecule has 9 heteroatoms. The lowest BCUT2D eigenvalue weighted by molar-refractivity contribution is -0.120. The Morgan fingerprint density at radius 2 is 2.06 bits per heavy atom. The summed E-state index contributed by atoms with van der Waals surface area (Å²) in [6, 6.07) is 7.71. The predicted molar refractivity (Wildman–Crippen MR) is 139 cm³/mol. The topological polar surface area (TPSA) is 114 Å². The molecule has 0 radical (unpaired) electrons. The molecule has 0 saturated heterocycles. The van der Waals surface area contributed by atoms with Crippen LogP contribution in [-0.2, 0) is 9.59 Å². The smallest absolute Gasteiger partial charge is 0.227 e. The van der Waals surface area contributed by atoms with Crippen molar-refractivity contribution in [1.82, 2.24) is 15.2 Å². The normalized spacial score (nSPS) is 13.4. The number of hydrogen-bond acceptors (Lipinski definition) is 7. The van der Waals surface area contributed by atoms with Crippen molar-refractivity contribution in [3.8, 4) is 0 Å². The standard InChI is InChI=1S/C25H30N6O2S/c1-17(9-12-31(16-32)13-10-26)25(33)29-19-5-7-22(18(2)14-19)30(3)23-8-11-27-21(24(23)34)6-4-20-15-28-20/h4-8,10-11,13-17,28,34H,9,12,26H2,1-3H3,(H,29,33)/b6-4+,13-10+. The Kier molecular flexibility index (Phi) is 8.37. The summed E-state index contributed by atoms with van der Waals surface area (Å²) in [4.78, 5) is 32.3. The maximum Gasteiger partial charge on any atom is 0.227 e. The molecule has 0 aliphatic carbocycles. The first kappa shape index (κ1) is 24.9. The number of benzene rings is 1. The number of hydrogen-bond donors (Lipinski definition) is 4. The number of anilines is 3. The Morgan fingerprint density at radius 1 is 1.29 bits per heavy atom. The van der Waals surface area contributed by atoms with E-state index in [1.54, 1.807) is 6.20 Å². The molecule has 1 atom stereocenters. The first-order valence-electron chi connectivity index (χ1n) is 10.9. The summed E-state index contributed by atoms with van der Waals surface area (Å²) < 4.78 is 0. The SMILES string of the molecule is Cc1cc(NC(=O)C(C)CCN(C=O)/C=C/N)ccc1N(C)c1ccnc(/C=C/C2=CN2)c1S. The zero-order valence-corrected chi connectivity index (χ0v) is 20.4. The molecule has 178 valence electrons. The van der Waals surface area contributed by atoms with Gasteiger partial charge in [-0.25, -0.2) is 0 Å². The highest BCUT2D eigenvalue weighted by atomic mass is 32.1. The molecule has 1 aliphatic rings. The zero-order valence-electron chi connectivity index (χ0n) is 19.5. The molecule has 34 heavy (non-hydrogen) atoms. The van der Waals surface area contributed by atoms with Crippen LogP contribution in [0.3, 0.4) is 0 Å². The zero-order chi connectivity index (χ0) is 24.7. The van der Waals surface area contributed by atoms with Crippen molar-refractivity contribution in [2.45, 2.75) is 25.2 Å². The monoisotopic (exact) mass is 478 g/mol. The van der Waals surface area contributed by atoms with Gasteiger partial charge in [0.05, 0.1) is 22.0 Å². The summed E-state index contributed by atoms with van der Waals surface area (Å²) in [6.45, 7) is 4.24. The first-order chi connectivity index (χ1) is 16.3. The largest absolute Gasteiger partial charge is 0.403 e. The highest BCUT2D eigenvalue weighted by molar-refractivity contribution is 7.80. The molecular weight excluding hydrogens is 448 g/mol. The molecule has 0 fully saturated rings. The summed E-state index contributed by atoms with van der Waals surface area (Å²) in [6.07, 6.45) is 11.5. The summed E-state index contributed by atoms with van der Waals surface area (Å²) in [5.74, 6) is -0.375. The quantitative estimate of drug-likeness (QED) is 0.289. The Balaban J connectivity index is 1.68. The van der Waals surface area contributed by atoms with Gasteiger partial charge in [0.15, 0.2) is 0 Å². The van der Waals surface area contributed by atoms with Crippen molar-refractivity contribution >= 4 is 48.1 Å². The minimum absolute atomic E-state index is 0.105. The van der Waals surface area contributed by atoms with Crippen LogP contribution in [0.4, 0.5) is 17.1 Å². The number of rotatable bonds is 11. The molecule has 1 aromatic carbocycles. The second kappa shape index (κ2) is 11.4. The number of allylic oxidation sites excluding steroid dienone is 1. The van der Waals surface area contributed by atoms with Crippen LogP contribution in [0.5, 0.6) is 0 Å². The lowest BCUT2D eigenvalue weighted by Gasteiger charge is -2.24. The van der Waals surface area contributed by atoms with Crippen molar-refractivity contribution < 1.29 is 9.59 Å². The van der Waals surface area contributed by atoms with E-state index in [2.05, 4.69) is 20.5 Å². The number of nitrogens with zero attached hydrogens (tertiary/aromatic N) is 3. The van der Waals surface area contributed by atoms with Gasteiger partial charge < -0.3 is 26.2 Å². The molecule has 1 aromatic heterocycles. The number of pyridine rings is 1. The molecule has 3 rings (SSSR count). The van der Waals surface area contributed by atoms with Crippen LogP contribution in [0.15, 0.2) is 65.7 Å². The van der Waals surface area contributed by atoms with E-state index in [-0.39, 0.29) is 11.8 Å². The van der Waals surface area contributed by atoms with Crippen LogP contribution in [0.2, 0.25) is 0 Å². The number of nitrogens with one attached hydrogen (secondary N) is 2. The lowest BCUT2D eigenvalue weighted by Crippen LogP contribution is -2.25. The molecular formula is C25H30N6O2S. The predicted octanol–water partition coefficient (Wildman–Crippen LogP) is 3.76. The number of aryl methyl sites for hydroxylation is 1. The number of amides is 2. The first-order valence-corrected chi connectivity index (χ1v) is 11.4. The molecule has 2 aromatic rings. The fourth-order valence-electron chi connectivity index (χ4n) is 3.41. The average Bonchev–Trinajstić information content (AvgIpc) is 3.65. The van der Waals surface area contributed by atoms with E-state index in [4.69, 9.17) is 18.4 Å². The van der Waals surface area contributed by atoms with Gasteiger partial charge in [-0.1, -0.05) is 6.92 Å². The van der Waals surface area contributed by atoms with Crippen LogP contribution in [0.25, 0.3) is 6.08 Å². The van der Waals surface area contributed by atoms with E-state index < -0.39 is 0 Å². The Bertz CT molecular complexity index is 1140. The van der Waals surface area contributed by atoms with E-state index in [0.29, 0.717) is 19.4 Å². The molecule has 4 N–H and O–H groups in total. The van der Waals surface area contributed by atoms with Gasteiger partial charge in [-0.2, -0.15) is 0 Å². The number of aromatic nitrogens is 1. The Hall–Kier alpha value is -3.72. The third kappa shape index (κ3) is 6.41. The lowest BCUT2D eigenvalue weighted by atomic mass is 10.1. The van der Waals surface area contributed by atoms with E-state index in [1.807, 2.05) is 63.5 Å². The van der Waals surface area contributed by atoms with Gasteiger partial charge in [0, 0.05) is 55.7 Å². The second-order valence-electron chi connectivity index (χ2n) is 8.07. The van der Waals surface area contributed by atoms with Gasteiger partial charge in [-0.15, -0.1) is 12.6 Å². The summed E-state index contributed by atoms with van der Waals surface area (Å²) >= 11 is 4.71. The fourth-order valence-corrected chi connectivity index (χ4v) is 3.77. The van der Waals surface area contributed by atoms with Gasteiger partial charge in [0.25, 0.3) is 0 Å². The van der Waals surface area contributed by atoms with Gasteiger partial charge >= 0.3 is 0 Å². The van der Waals surface area contributed by atoms with Crippen molar-refractivity contribution in [3.63, 3.8) is 0 Å². The van der Waals surface area contributed by atoms with Crippen LogP contribution in [0, 0.1) is 12.8 Å². The van der Waals surface area contributed by atoms with E-state index >= 15 is 0 Å². The van der Waals surface area contributed by atoms with Crippen molar-refractivity contribution in [2.75, 3.05) is 23.8 Å². The fraction of sp³-hybridized carbons (Fsp3) is 0.240. The molecule has 0 spiro atoms. The molecule has 0 bridgehead atoms. The molecule has 8 nitrogen and oxygen atoms in total. The Morgan fingerprint density at radius 3 is 2.71 bits per heavy atom. The van der Waals surface area contributed by atoms with Crippen molar-refractivity contribution in [2.24, 2.45) is 11.7 Å². The number of carbonyl (C=O) groups excluding carboxylic acids is 2. The van der Waals surface area contributed by atoms with Crippen LogP contribution in [0.1, 0.15) is 24.6 Å². The van der Waals surface area contributed by atoms with E-state index in [9.17, 15) is 9.59 Å². The molecule has 2 amide bonds. The maximum absolute atomic E-state index is 12.6. The van der Waals surface area contributed by atoms with Crippen molar-refractivity contribution in [3.05, 3.63) is 72.1 Å². The summed E-state index contributed by atoms with van der Waals surface area (Å²) in [7, 11) is 1.98. The minimum Gasteiger partial charge on any atom is -0.403 e. The van der Waals surface area contributed by atoms with Crippen LogP contribution in [-0.4, -0.2) is 35.8 Å². The minimum atomic E-state index is -0.270. The van der Waals surface area contributed by atoms with Gasteiger partial charge in [-0.05, 0) is 55.3 Å². The van der Waals surface area contributed by atoms with Crippen LogP contribution >= 0.6 is 12.6 Å². The van der Waals surface area contributed by atoms with Gasteiger partial charge in [-0.3, -0.25) is 14.6 Å². The van der Waals surface area contributed by atoms with Gasteiger partial charge in [0.1, 0.15) is 0 Å². The number of thiol groups is 1. The van der Waals surface area contributed by atoms with E-state index in [1.165, 1.54) is 17.3 Å². The van der Waals surface area contributed by atoms with Crippen molar-refractivity contribution in [1.29, 1.82) is 0 Å². The summed E-state index contributed by atoms with van der Waals surface area (Å²) in [5, 5.41) is 5.99. The van der Waals surface area contributed by atoms with Crippen LogP contribution < -0.4 is 21.3 Å². The third-order valence-corrected chi connectivity index (χ3v) is 5.99.